The number of anilines is 1. The number of aromatic nitrogens is 3. The van der Waals surface area contributed by atoms with E-state index in [1.54, 1.807) is 24.5 Å². The average Bonchev–Trinajstić information content (AvgIpc) is 3.17. The number of hydrogen-bond donors (Lipinski definition) is 1. The minimum absolute atomic E-state index is 0.186. The van der Waals surface area contributed by atoms with E-state index in [-0.39, 0.29) is 5.91 Å². The quantitative estimate of drug-likeness (QED) is 0.565. The summed E-state index contributed by atoms with van der Waals surface area (Å²) < 4.78 is 7.52. The van der Waals surface area contributed by atoms with Crippen molar-refractivity contribution in [3.63, 3.8) is 0 Å². The highest BCUT2D eigenvalue weighted by Crippen LogP contribution is 2.15. The lowest BCUT2D eigenvalue weighted by molar-refractivity contribution is -0.111. The molecule has 2 aromatic heterocycles. The van der Waals surface area contributed by atoms with Gasteiger partial charge < -0.3 is 10.1 Å². The topological polar surface area (TPSA) is 69.0 Å². The normalized spacial score (nSPS) is 10.9. The number of unbranched alkanes of at least 4 members (excludes halogenated alkanes) is 1. The van der Waals surface area contributed by atoms with E-state index in [9.17, 15) is 4.79 Å². The van der Waals surface area contributed by atoms with Crippen molar-refractivity contribution in [2.75, 3.05) is 5.32 Å². The molecule has 144 valence electrons. The second-order valence-corrected chi connectivity index (χ2v) is 6.29. The summed E-state index contributed by atoms with van der Waals surface area (Å²) >= 11 is 0. The number of carbonyl (C=O) groups excluding carboxylic acids is 1. The van der Waals surface area contributed by atoms with E-state index in [0.717, 1.165) is 36.4 Å². The molecule has 0 saturated heterocycles. The monoisotopic (exact) mass is 376 g/mol. The molecular formula is C22H24N4O2. The van der Waals surface area contributed by atoms with Crippen LogP contribution in [0.5, 0.6) is 5.75 Å². The summed E-state index contributed by atoms with van der Waals surface area (Å²) in [4.78, 5) is 16.4. The fraction of sp³-hybridized carbons (Fsp3) is 0.227. The summed E-state index contributed by atoms with van der Waals surface area (Å²) in [7, 11) is 0. The first-order chi connectivity index (χ1) is 13.7. The zero-order valence-corrected chi connectivity index (χ0v) is 15.9. The van der Waals surface area contributed by atoms with Crippen LogP contribution in [0.1, 0.15) is 31.0 Å². The molecule has 1 N–H and O–H groups in total. The zero-order chi connectivity index (χ0) is 19.6. The molecule has 0 radical (unpaired) electrons. The number of rotatable bonds is 9. The van der Waals surface area contributed by atoms with E-state index >= 15 is 0 Å². The van der Waals surface area contributed by atoms with Gasteiger partial charge in [0, 0.05) is 24.9 Å². The van der Waals surface area contributed by atoms with Crippen LogP contribution in [0.2, 0.25) is 0 Å². The molecule has 3 rings (SSSR count). The number of carbonyl (C=O) groups is 1. The van der Waals surface area contributed by atoms with E-state index < -0.39 is 0 Å². The molecule has 0 bridgehead atoms. The maximum atomic E-state index is 12.2. The lowest BCUT2D eigenvalue weighted by atomic mass is 10.2. The van der Waals surface area contributed by atoms with Crippen LogP contribution < -0.4 is 10.1 Å². The molecule has 1 aromatic carbocycles. The van der Waals surface area contributed by atoms with Crippen LogP contribution in [0.3, 0.4) is 0 Å². The van der Waals surface area contributed by atoms with Gasteiger partial charge in [0.1, 0.15) is 18.2 Å². The Morgan fingerprint density at radius 2 is 2.00 bits per heavy atom. The molecule has 0 spiro atoms. The minimum Gasteiger partial charge on any atom is -0.487 e. The molecule has 2 heterocycles. The molecule has 6 heteroatoms. The maximum Gasteiger partial charge on any atom is 0.249 e. The molecule has 1 amide bonds. The molecular weight excluding hydrogens is 352 g/mol. The molecule has 0 aliphatic carbocycles. The van der Waals surface area contributed by atoms with E-state index in [0.29, 0.717) is 12.4 Å². The number of amides is 1. The van der Waals surface area contributed by atoms with Crippen LogP contribution in [0.25, 0.3) is 6.08 Å². The van der Waals surface area contributed by atoms with Crippen LogP contribution in [-0.4, -0.2) is 20.7 Å². The highest BCUT2D eigenvalue weighted by Gasteiger charge is 2.04. The highest BCUT2D eigenvalue weighted by molar-refractivity contribution is 6.01. The molecule has 3 aromatic rings. The molecule has 0 aliphatic heterocycles. The van der Waals surface area contributed by atoms with Gasteiger partial charge in [0.15, 0.2) is 0 Å². The van der Waals surface area contributed by atoms with Gasteiger partial charge in [-0.25, -0.2) is 4.68 Å². The van der Waals surface area contributed by atoms with E-state index in [4.69, 9.17) is 4.74 Å². The van der Waals surface area contributed by atoms with Crippen LogP contribution >= 0.6 is 0 Å². The summed E-state index contributed by atoms with van der Waals surface area (Å²) in [5.74, 6) is 1.28. The molecule has 0 fully saturated rings. The molecule has 0 aliphatic rings. The number of nitrogens with one attached hydrogen (secondary N) is 1. The van der Waals surface area contributed by atoms with Crippen molar-refractivity contribution >= 4 is 17.8 Å². The third kappa shape index (κ3) is 5.81. The Hall–Kier alpha value is -3.41. The summed E-state index contributed by atoms with van der Waals surface area (Å²) in [6, 6.07) is 15.1. The molecule has 6 nitrogen and oxygen atoms in total. The second-order valence-electron chi connectivity index (χ2n) is 6.29. The van der Waals surface area contributed by atoms with Gasteiger partial charge in [-0.2, -0.15) is 5.10 Å². The van der Waals surface area contributed by atoms with E-state index in [1.165, 1.54) is 6.08 Å². The van der Waals surface area contributed by atoms with Gasteiger partial charge in [0.2, 0.25) is 5.91 Å². The van der Waals surface area contributed by atoms with Gasteiger partial charge in [0.25, 0.3) is 0 Å². The minimum atomic E-state index is -0.186. The van der Waals surface area contributed by atoms with Gasteiger partial charge in [-0.05, 0) is 42.3 Å². The number of aryl methyl sites for hydroxylation is 1. The van der Waals surface area contributed by atoms with Crippen LogP contribution in [0.15, 0.2) is 67.0 Å². The number of benzene rings is 1. The van der Waals surface area contributed by atoms with Crippen LogP contribution in [0.4, 0.5) is 5.82 Å². The Morgan fingerprint density at radius 3 is 2.75 bits per heavy atom. The van der Waals surface area contributed by atoms with Crippen molar-refractivity contribution in [3.05, 3.63) is 78.3 Å². The van der Waals surface area contributed by atoms with Crippen molar-refractivity contribution in [3.8, 4) is 5.75 Å². The van der Waals surface area contributed by atoms with Crippen molar-refractivity contribution in [1.82, 2.24) is 14.8 Å². The van der Waals surface area contributed by atoms with Crippen LogP contribution in [0, 0.1) is 0 Å². The maximum absolute atomic E-state index is 12.2. The molecule has 28 heavy (non-hydrogen) atoms. The Kier molecular flexibility index (Phi) is 6.95. The van der Waals surface area contributed by atoms with Crippen molar-refractivity contribution in [2.45, 2.75) is 32.9 Å². The Bertz CT molecular complexity index is 902. The van der Waals surface area contributed by atoms with Gasteiger partial charge in [-0.3, -0.25) is 9.78 Å². The summed E-state index contributed by atoms with van der Waals surface area (Å²) in [5.41, 5.74) is 1.79. The Balaban J connectivity index is 1.51. The lowest BCUT2D eigenvalue weighted by Gasteiger charge is -2.07. The van der Waals surface area contributed by atoms with Gasteiger partial charge in [0.05, 0.1) is 11.9 Å². The smallest absolute Gasteiger partial charge is 0.249 e. The lowest BCUT2D eigenvalue weighted by Crippen LogP contribution is -2.13. The number of pyridine rings is 1. The highest BCUT2D eigenvalue weighted by atomic mass is 16.5. The van der Waals surface area contributed by atoms with E-state index in [1.807, 2.05) is 47.1 Å². The summed E-state index contributed by atoms with van der Waals surface area (Å²) in [5, 5.41) is 7.10. The SMILES string of the molecule is CCCCn1nccc1NC(=O)/C=C/c1ccc(OCc2ccccn2)cc1. The summed E-state index contributed by atoms with van der Waals surface area (Å²) in [6.07, 6.45) is 8.82. The first-order valence-corrected chi connectivity index (χ1v) is 9.38. The standard InChI is InChI=1S/C22H24N4O2/c1-2-3-16-26-21(13-15-24-26)25-22(27)12-9-18-7-10-20(11-8-18)28-17-19-6-4-5-14-23-19/h4-15H,2-3,16-17H2,1H3,(H,25,27)/b12-9+. The first-order valence-electron chi connectivity index (χ1n) is 9.38. The first kappa shape index (κ1) is 19.4. The predicted octanol–water partition coefficient (Wildman–Crippen LogP) is 4.31. The fourth-order valence-corrected chi connectivity index (χ4v) is 2.58. The Morgan fingerprint density at radius 1 is 1.14 bits per heavy atom. The molecule has 0 unspecified atom stereocenters. The van der Waals surface area contributed by atoms with Crippen LogP contribution in [-0.2, 0) is 17.9 Å². The van der Waals surface area contributed by atoms with E-state index in [2.05, 4.69) is 22.3 Å². The largest absolute Gasteiger partial charge is 0.487 e. The fourth-order valence-electron chi connectivity index (χ4n) is 2.58. The van der Waals surface area contributed by atoms with Gasteiger partial charge in [-0.1, -0.05) is 31.5 Å². The number of ether oxygens (including phenoxy) is 1. The van der Waals surface area contributed by atoms with Gasteiger partial charge >= 0.3 is 0 Å². The zero-order valence-electron chi connectivity index (χ0n) is 15.9. The van der Waals surface area contributed by atoms with Crippen molar-refractivity contribution < 1.29 is 9.53 Å². The predicted molar refractivity (Wildman–Crippen MR) is 110 cm³/mol. The molecule has 0 saturated carbocycles. The van der Waals surface area contributed by atoms with Crippen molar-refractivity contribution in [2.24, 2.45) is 0 Å². The summed E-state index contributed by atoms with van der Waals surface area (Å²) in [6.45, 7) is 3.34. The number of hydrogen-bond acceptors (Lipinski definition) is 4. The number of nitrogens with zero attached hydrogens (tertiary/aromatic N) is 3. The van der Waals surface area contributed by atoms with Gasteiger partial charge in [-0.15, -0.1) is 0 Å². The third-order valence-electron chi connectivity index (χ3n) is 4.11. The second kappa shape index (κ2) is 10.1. The van der Waals surface area contributed by atoms with Crippen molar-refractivity contribution in [1.29, 1.82) is 0 Å². The Labute approximate surface area is 164 Å². The third-order valence-corrected chi connectivity index (χ3v) is 4.11. The molecule has 0 atom stereocenters. The average molecular weight is 376 g/mol.